The lowest BCUT2D eigenvalue weighted by atomic mass is 9.88. The van der Waals surface area contributed by atoms with Gasteiger partial charge in [0.25, 0.3) is 5.88 Å². The van der Waals surface area contributed by atoms with Gasteiger partial charge in [-0.2, -0.15) is 9.37 Å². The summed E-state index contributed by atoms with van der Waals surface area (Å²) in [6, 6.07) is -0.128. The van der Waals surface area contributed by atoms with Gasteiger partial charge in [-0.1, -0.05) is 0 Å². The number of rotatable bonds is 8. The van der Waals surface area contributed by atoms with Crippen LogP contribution in [0.15, 0.2) is 12.4 Å². The summed E-state index contributed by atoms with van der Waals surface area (Å²) in [5, 5.41) is 2.90. The Morgan fingerprint density at radius 3 is 2.57 bits per heavy atom. The smallest absolute Gasteiger partial charge is 0.317 e. The van der Waals surface area contributed by atoms with Gasteiger partial charge in [0.1, 0.15) is 11.8 Å². The Labute approximate surface area is 203 Å². The second kappa shape index (κ2) is 11.0. The van der Waals surface area contributed by atoms with Crippen molar-refractivity contribution >= 4 is 17.9 Å². The van der Waals surface area contributed by atoms with Crippen LogP contribution in [0.3, 0.4) is 0 Å². The maximum absolute atomic E-state index is 15.5. The molecule has 2 amide bonds. The predicted molar refractivity (Wildman–Crippen MR) is 128 cm³/mol. The molecule has 2 aromatic rings. The molecule has 0 bridgehead atoms. The van der Waals surface area contributed by atoms with Crippen molar-refractivity contribution in [3.63, 3.8) is 0 Å². The van der Waals surface area contributed by atoms with Crippen molar-refractivity contribution in [3.8, 4) is 17.1 Å². The Hall–Kier alpha value is -3.32. The van der Waals surface area contributed by atoms with Crippen molar-refractivity contribution in [3.05, 3.63) is 18.2 Å². The largest absolute Gasteiger partial charge is 0.472 e. The Morgan fingerprint density at radius 2 is 1.91 bits per heavy atom. The SMILES string of the molecule is CN(C)CCNC(=O)N(C)[C@H]1C[C@H](Oc2nc(N3CCOCC3)nc(-c3cnc(N)nc3)c2F)C1. The van der Waals surface area contributed by atoms with Gasteiger partial charge >= 0.3 is 6.03 Å². The molecule has 4 rings (SSSR count). The maximum Gasteiger partial charge on any atom is 0.317 e. The molecule has 2 aliphatic rings. The first-order chi connectivity index (χ1) is 16.8. The summed E-state index contributed by atoms with van der Waals surface area (Å²) in [6.07, 6.45) is 3.73. The molecule has 1 saturated carbocycles. The van der Waals surface area contributed by atoms with Gasteiger partial charge in [-0.25, -0.2) is 19.7 Å². The van der Waals surface area contributed by atoms with Crippen molar-refractivity contribution < 1.29 is 18.7 Å². The van der Waals surface area contributed by atoms with Crippen LogP contribution < -0.4 is 20.7 Å². The molecule has 0 aromatic carbocycles. The summed E-state index contributed by atoms with van der Waals surface area (Å²) in [5.41, 5.74) is 6.00. The minimum absolute atomic E-state index is 0.00735. The third kappa shape index (κ3) is 6.03. The highest BCUT2D eigenvalue weighted by Crippen LogP contribution is 2.33. The van der Waals surface area contributed by atoms with Crippen LogP contribution in [0.2, 0.25) is 0 Å². The first-order valence-corrected chi connectivity index (χ1v) is 11.6. The molecule has 1 aliphatic carbocycles. The summed E-state index contributed by atoms with van der Waals surface area (Å²) in [7, 11) is 5.66. The number of nitrogens with two attached hydrogens (primary N) is 1. The third-order valence-corrected chi connectivity index (χ3v) is 6.10. The lowest BCUT2D eigenvalue weighted by Gasteiger charge is -2.40. The van der Waals surface area contributed by atoms with Crippen LogP contribution in [0.4, 0.5) is 21.1 Å². The lowest BCUT2D eigenvalue weighted by Crippen LogP contribution is -2.53. The number of anilines is 2. The molecule has 2 fully saturated rings. The molecule has 35 heavy (non-hydrogen) atoms. The minimum Gasteiger partial charge on any atom is -0.472 e. The van der Waals surface area contributed by atoms with Gasteiger partial charge in [0.2, 0.25) is 17.7 Å². The molecule has 190 valence electrons. The molecular formula is C22H32FN9O3. The van der Waals surface area contributed by atoms with Gasteiger partial charge in [0.15, 0.2) is 0 Å². The number of likely N-dealkylation sites (N-methyl/N-ethyl adjacent to an activating group) is 1. The van der Waals surface area contributed by atoms with Crippen LogP contribution in [0.5, 0.6) is 5.88 Å². The van der Waals surface area contributed by atoms with Crippen LogP contribution in [0.25, 0.3) is 11.3 Å². The summed E-state index contributed by atoms with van der Waals surface area (Å²) < 4.78 is 26.8. The average molecular weight is 490 g/mol. The molecule has 1 saturated heterocycles. The molecule has 3 heterocycles. The number of aromatic nitrogens is 4. The summed E-state index contributed by atoms with van der Waals surface area (Å²) in [4.78, 5) is 34.7. The molecule has 0 unspecified atom stereocenters. The van der Waals surface area contributed by atoms with Gasteiger partial charge in [-0.05, 0) is 14.1 Å². The third-order valence-electron chi connectivity index (χ3n) is 6.10. The number of halogens is 1. The molecule has 0 spiro atoms. The number of carbonyl (C=O) groups is 1. The second-order valence-electron chi connectivity index (χ2n) is 8.93. The van der Waals surface area contributed by atoms with E-state index in [9.17, 15) is 4.79 Å². The molecule has 13 heteroatoms. The normalized spacial score (nSPS) is 19.9. The highest BCUT2D eigenvalue weighted by atomic mass is 19.1. The Bertz CT molecular complexity index is 1010. The fourth-order valence-electron chi connectivity index (χ4n) is 3.83. The van der Waals surface area contributed by atoms with Crippen LogP contribution in [0, 0.1) is 5.82 Å². The van der Waals surface area contributed by atoms with E-state index in [1.807, 2.05) is 23.9 Å². The number of urea groups is 1. The fraction of sp³-hybridized carbons (Fsp3) is 0.591. The van der Waals surface area contributed by atoms with E-state index >= 15 is 4.39 Å². The highest BCUT2D eigenvalue weighted by molar-refractivity contribution is 5.74. The van der Waals surface area contributed by atoms with Crippen LogP contribution in [0.1, 0.15) is 12.8 Å². The van der Waals surface area contributed by atoms with Crippen molar-refractivity contribution in [2.24, 2.45) is 0 Å². The second-order valence-corrected chi connectivity index (χ2v) is 8.93. The lowest BCUT2D eigenvalue weighted by molar-refractivity contribution is 0.0377. The molecule has 0 atom stereocenters. The van der Waals surface area contributed by atoms with E-state index in [2.05, 4.69) is 25.3 Å². The zero-order valence-corrected chi connectivity index (χ0v) is 20.3. The first kappa shape index (κ1) is 24.8. The van der Waals surface area contributed by atoms with Crippen molar-refractivity contribution in [1.29, 1.82) is 0 Å². The average Bonchev–Trinajstić information content (AvgIpc) is 2.82. The molecule has 2 aromatic heterocycles. The maximum atomic E-state index is 15.5. The van der Waals surface area contributed by atoms with Crippen LogP contribution in [-0.2, 0) is 4.74 Å². The Kier molecular flexibility index (Phi) is 7.76. The van der Waals surface area contributed by atoms with E-state index in [1.165, 1.54) is 12.4 Å². The number of ether oxygens (including phenoxy) is 2. The summed E-state index contributed by atoms with van der Waals surface area (Å²) in [5.74, 6) is -0.378. The zero-order valence-electron chi connectivity index (χ0n) is 20.3. The van der Waals surface area contributed by atoms with Gasteiger partial charge in [-0.3, -0.25) is 0 Å². The first-order valence-electron chi connectivity index (χ1n) is 11.6. The van der Waals surface area contributed by atoms with E-state index in [1.54, 1.807) is 11.9 Å². The number of hydrogen-bond acceptors (Lipinski definition) is 10. The number of amides is 2. The number of hydrogen-bond donors (Lipinski definition) is 2. The molecule has 3 N–H and O–H groups in total. The quantitative estimate of drug-likeness (QED) is 0.543. The van der Waals surface area contributed by atoms with Crippen molar-refractivity contribution in [2.75, 3.05) is 71.2 Å². The standard InChI is InChI=1S/C22H32FN9O3/c1-30(2)5-4-25-22(33)31(3)15-10-16(11-15)35-19-17(23)18(14-12-26-20(24)27-13-14)28-21(29-19)32-6-8-34-9-7-32/h12-13,15-16H,4-11H2,1-3H3,(H,25,33)(H2,24,26,27)/t15-,16-. The van der Waals surface area contributed by atoms with Gasteiger partial charge in [0.05, 0.1) is 13.2 Å². The molecule has 12 nitrogen and oxygen atoms in total. The van der Waals surface area contributed by atoms with E-state index in [-0.39, 0.29) is 35.7 Å². The predicted octanol–water partition coefficient (Wildman–Crippen LogP) is 0.604. The minimum atomic E-state index is -0.686. The molecule has 0 radical (unpaired) electrons. The molecular weight excluding hydrogens is 457 g/mol. The van der Waals surface area contributed by atoms with Crippen molar-refractivity contribution in [2.45, 2.75) is 25.0 Å². The summed E-state index contributed by atoms with van der Waals surface area (Å²) >= 11 is 0. The Morgan fingerprint density at radius 1 is 1.23 bits per heavy atom. The summed E-state index contributed by atoms with van der Waals surface area (Å²) in [6.45, 7) is 3.56. The Balaban J connectivity index is 1.46. The van der Waals surface area contributed by atoms with E-state index in [0.29, 0.717) is 57.2 Å². The van der Waals surface area contributed by atoms with Crippen LogP contribution >= 0.6 is 0 Å². The molecule has 1 aliphatic heterocycles. The monoisotopic (exact) mass is 489 g/mol. The number of nitrogens with one attached hydrogen (secondary N) is 1. The van der Waals surface area contributed by atoms with Gasteiger partial charge in [-0.15, -0.1) is 0 Å². The van der Waals surface area contributed by atoms with Crippen molar-refractivity contribution in [1.82, 2.24) is 35.1 Å². The number of nitrogens with zero attached hydrogens (tertiary/aromatic N) is 7. The number of morpholine rings is 1. The fourth-order valence-corrected chi connectivity index (χ4v) is 3.83. The highest BCUT2D eigenvalue weighted by Gasteiger charge is 2.37. The van der Waals surface area contributed by atoms with Crippen LogP contribution in [-0.4, -0.2) is 108 Å². The number of carbonyl (C=O) groups excluding carboxylic acids is 1. The van der Waals surface area contributed by atoms with E-state index < -0.39 is 5.82 Å². The zero-order chi connectivity index (χ0) is 24.9. The van der Waals surface area contributed by atoms with E-state index in [4.69, 9.17) is 15.2 Å². The van der Waals surface area contributed by atoms with E-state index in [0.717, 1.165) is 6.54 Å². The van der Waals surface area contributed by atoms with Gasteiger partial charge in [0, 0.05) is 70.1 Å². The number of nitrogen functional groups attached to an aromatic ring is 1. The van der Waals surface area contributed by atoms with Gasteiger partial charge < -0.3 is 35.2 Å². The topological polar surface area (TPSA) is 135 Å².